The average molecular weight is 526 g/mol. The Kier molecular flexibility index (Phi) is 8.27. The minimum atomic E-state index is -4.84. The zero-order chi connectivity index (χ0) is 26.6. The number of nitrogens with one attached hydrogen (secondary N) is 2. The van der Waals surface area contributed by atoms with E-state index in [1.54, 1.807) is 16.9 Å². The molecule has 2 aromatic heterocycles. The number of anilines is 2. The molecule has 1 saturated carbocycles. The first-order chi connectivity index (χ1) is 17.7. The molecule has 0 radical (unpaired) electrons. The number of ether oxygens (including phenoxy) is 1. The Morgan fingerprint density at radius 1 is 1.27 bits per heavy atom. The second-order valence-corrected chi connectivity index (χ2v) is 9.32. The molecule has 2 aliphatic rings. The van der Waals surface area contributed by atoms with Gasteiger partial charge in [0.05, 0.1) is 44.2 Å². The molecule has 14 heteroatoms. The minimum absolute atomic E-state index is 0.00275. The van der Waals surface area contributed by atoms with Crippen molar-refractivity contribution in [3.05, 3.63) is 40.1 Å². The van der Waals surface area contributed by atoms with Gasteiger partial charge in [-0.2, -0.15) is 18.3 Å². The van der Waals surface area contributed by atoms with E-state index >= 15 is 0 Å². The smallest absolute Gasteiger partial charge is 0.394 e. The van der Waals surface area contributed by atoms with Crippen molar-refractivity contribution in [1.82, 2.24) is 25.1 Å². The van der Waals surface area contributed by atoms with Gasteiger partial charge in [0.25, 0.3) is 5.56 Å². The summed E-state index contributed by atoms with van der Waals surface area (Å²) in [4.78, 5) is 36.8. The lowest BCUT2D eigenvalue weighted by atomic mass is 10.1. The van der Waals surface area contributed by atoms with E-state index in [1.807, 2.05) is 17.3 Å². The second-order valence-electron chi connectivity index (χ2n) is 9.32. The number of amides is 1. The maximum Gasteiger partial charge on any atom is 0.423 e. The molecule has 202 valence electrons. The number of rotatable bonds is 10. The van der Waals surface area contributed by atoms with Crippen molar-refractivity contribution in [2.45, 2.75) is 50.4 Å². The third kappa shape index (κ3) is 6.74. The number of hydrogen-bond donors (Lipinski definition) is 3. The highest BCUT2D eigenvalue weighted by Crippen LogP contribution is 2.39. The second kappa shape index (κ2) is 11.4. The van der Waals surface area contributed by atoms with E-state index in [4.69, 9.17) is 4.74 Å². The van der Waals surface area contributed by atoms with Gasteiger partial charge in [-0.25, -0.2) is 15.1 Å². The van der Waals surface area contributed by atoms with Crippen LogP contribution in [0.2, 0.25) is 0 Å². The van der Waals surface area contributed by atoms with Crippen molar-refractivity contribution in [2.75, 3.05) is 49.7 Å². The molecule has 2 aromatic rings. The zero-order valence-electron chi connectivity index (χ0n) is 20.4. The summed E-state index contributed by atoms with van der Waals surface area (Å²) in [6.45, 7) is 2.75. The average Bonchev–Trinajstić information content (AvgIpc) is 3.71. The Balaban J connectivity index is 1.22. The first kappa shape index (κ1) is 26.8. The fourth-order valence-corrected chi connectivity index (χ4v) is 4.30. The summed E-state index contributed by atoms with van der Waals surface area (Å²) >= 11 is 0. The normalized spacial score (nSPS) is 19.1. The monoisotopic (exact) mass is 525 g/mol. The molecule has 2 fully saturated rings. The van der Waals surface area contributed by atoms with Crippen LogP contribution in [-0.2, 0) is 15.7 Å². The molecule has 2 unspecified atom stereocenters. The summed E-state index contributed by atoms with van der Waals surface area (Å²) in [5, 5.41) is 17.7. The van der Waals surface area contributed by atoms with Crippen molar-refractivity contribution in [3.63, 3.8) is 0 Å². The number of halogens is 3. The van der Waals surface area contributed by atoms with Gasteiger partial charge >= 0.3 is 6.18 Å². The maximum absolute atomic E-state index is 13.2. The van der Waals surface area contributed by atoms with Crippen LogP contribution in [0.1, 0.15) is 43.2 Å². The molecule has 1 aliphatic heterocycles. The summed E-state index contributed by atoms with van der Waals surface area (Å²) in [5.41, 5.74) is -2.01. The van der Waals surface area contributed by atoms with Crippen LogP contribution in [0.15, 0.2) is 23.4 Å². The lowest BCUT2D eigenvalue weighted by molar-refractivity contribution is -0.138. The summed E-state index contributed by atoms with van der Waals surface area (Å²) in [6.07, 6.45) is 2.12. The molecule has 37 heavy (non-hydrogen) atoms. The van der Waals surface area contributed by atoms with E-state index < -0.39 is 35.1 Å². The summed E-state index contributed by atoms with van der Waals surface area (Å²) in [6, 6.07) is -1.00. The number of aromatic amines is 1. The van der Waals surface area contributed by atoms with Crippen LogP contribution in [0.4, 0.5) is 24.8 Å². The van der Waals surface area contributed by atoms with E-state index in [2.05, 4.69) is 20.4 Å². The van der Waals surface area contributed by atoms with E-state index in [0.29, 0.717) is 31.5 Å². The van der Waals surface area contributed by atoms with Gasteiger partial charge in [-0.05, 0) is 31.2 Å². The molecule has 3 heterocycles. The molecule has 1 saturated heterocycles. The number of H-pyrrole nitrogens is 1. The minimum Gasteiger partial charge on any atom is -0.394 e. The number of hydrogen-bond acceptors (Lipinski definition) is 9. The van der Waals surface area contributed by atoms with Crippen LogP contribution in [0, 0.1) is 0 Å². The van der Waals surface area contributed by atoms with Crippen LogP contribution >= 0.6 is 0 Å². The van der Waals surface area contributed by atoms with Gasteiger partial charge in [0.2, 0.25) is 11.9 Å². The molecular formula is C23H30F3N7O4. The number of alkyl halides is 3. The molecule has 0 spiro atoms. The summed E-state index contributed by atoms with van der Waals surface area (Å²) < 4.78 is 45.0. The number of piperazine rings is 1. The maximum atomic E-state index is 13.2. The topological polar surface area (TPSA) is 137 Å². The molecule has 1 aliphatic carbocycles. The van der Waals surface area contributed by atoms with Gasteiger partial charge in [-0.15, -0.1) is 0 Å². The van der Waals surface area contributed by atoms with Crippen molar-refractivity contribution < 1.29 is 27.8 Å². The van der Waals surface area contributed by atoms with Crippen LogP contribution in [-0.4, -0.2) is 87.6 Å². The van der Waals surface area contributed by atoms with Gasteiger partial charge in [0, 0.05) is 38.1 Å². The van der Waals surface area contributed by atoms with E-state index in [1.165, 1.54) is 12.8 Å². The molecule has 1 amide bonds. The summed E-state index contributed by atoms with van der Waals surface area (Å²) in [5.74, 6) is 0.943. The van der Waals surface area contributed by atoms with Crippen LogP contribution in [0.25, 0.3) is 0 Å². The number of carbonyl (C=O) groups is 1. The molecule has 3 N–H and O–H groups in total. The van der Waals surface area contributed by atoms with Crippen LogP contribution in [0.3, 0.4) is 0 Å². The Bertz CT molecular complexity index is 1120. The van der Waals surface area contributed by atoms with Crippen molar-refractivity contribution in [3.8, 4) is 0 Å². The van der Waals surface area contributed by atoms with Crippen molar-refractivity contribution >= 4 is 17.5 Å². The molecular weight excluding hydrogens is 495 g/mol. The molecule has 11 nitrogen and oxygen atoms in total. The van der Waals surface area contributed by atoms with Gasteiger partial charge in [-0.3, -0.25) is 9.59 Å². The lowest BCUT2D eigenvalue weighted by Gasteiger charge is -2.40. The standard InChI is InChI=1S/C23H30F3N7O4/c1-14(30-18-10-29-31-21(36)20(18)23(24,25)26)13-37-7-4-19(35)33-6-5-32(11-17(33)12-34)22-27-8-16(9-28-22)15-2-3-15/h8-10,14-15,17,34H,2-7,11-13H2,1H3,(H2,30,31,36). The zero-order valence-corrected chi connectivity index (χ0v) is 20.4. The fraction of sp³-hybridized carbons (Fsp3) is 0.609. The number of aliphatic hydroxyl groups is 1. The largest absolute Gasteiger partial charge is 0.423 e. The number of aliphatic hydroxyl groups excluding tert-OH is 1. The van der Waals surface area contributed by atoms with Gasteiger partial charge in [-0.1, -0.05) is 0 Å². The van der Waals surface area contributed by atoms with Crippen LogP contribution < -0.4 is 15.8 Å². The van der Waals surface area contributed by atoms with E-state index in [0.717, 1.165) is 11.8 Å². The van der Waals surface area contributed by atoms with Gasteiger partial charge < -0.3 is 25.0 Å². The Morgan fingerprint density at radius 2 is 2.00 bits per heavy atom. The molecule has 0 aromatic carbocycles. The predicted molar refractivity (Wildman–Crippen MR) is 127 cm³/mol. The van der Waals surface area contributed by atoms with Crippen molar-refractivity contribution in [2.24, 2.45) is 0 Å². The summed E-state index contributed by atoms with van der Waals surface area (Å²) in [7, 11) is 0. The SMILES string of the molecule is CC(COCCC(=O)N1CCN(c2ncc(C3CC3)cn2)CC1CO)Nc1cn[nH]c(=O)c1C(F)(F)F. The van der Waals surface area contributed by atoms with Gasteiger partial charge in [0.15, 0.2) is 0 Å². The lowest BCUT2D eigenvalue weighted by Crippen LogP contribution is -2.57. The fourth-order valence-electron chi connectivity index (χ4n) is 4.30. The first-order valence-corrected chi connectivity index (χ1v) is 12.1. The third-order valence-corrected chi connectivity index (χ3v) is 6.37. The number of aromatic nitrogens is 4. The van der Waals surface area contributed by atoms with Crippen molar-refractivity contribution in [1.29, 1.82) is 0 Å². The molecule has 2 atom stereocenters. The predicted octanol–water partition coefficient (Wildman–Crippen LogP) is 1.37. The third-order valence-electron chi connectivity index (χ3n) is 6.37. The Morgan fingerprint density at radius 3 is 2.65 bits per heavy atom. The highest BCUT2D eigenvalue weighted by Gasteiger charge is 2.37. The van der Waals surface area contributed by atoms with Crippen LogP contribution in [0.5, 0.6) is 0 Å². The van der Waals surface area contributed by atoms with Gasteiger partial charge in [0.1, 0.15) is 5.56 Å². The Hall–Kier alpha value is -3.26. The van der Waals surface area contributed by atoms with E-state index in [-0.39, 0.29) is 32.1 Å². The number of nitrogens with zero attached hydrogens (tertiary/aromatic N) is 5. The highest BCUT2D eigenvalue weighted by atomic mass is 19.4. The quantitative estimate of drug-likeness (QED) is 0.393. The molecule has 4 rings (SSSR count). The Labute approximate surface area is 211 Å². The number of carbonyl (C=O) groups excluding carboxylic acids is 1. The van der Waals surface area contributed by atoms with E-state index in [9.17, 15) is 27.9 Å². The highest BCUT2D eigenvalue weighted by molar-refractivity contribution is 5.77. The molecule has 0 bridgehead atoms. The first-order valence-electron chi connectivity index (χ1n) is 12.1.